The molecule has 0 radical (unpaired) electrons. The summed E-state index contributed by atoms with van der Waals surface area (Å²) in [5, 5.41) is 3.00. The highest BCUT2D eigenvalue weighted by Crippen LogP contribution is 2.13. The monoisotopic (exact) mass is 334 g/mol. The summed E-state index contributed by atoms with van der Waals surface area (Å²) in [6.07, 6.45) is -0.124. The predicted molar refractivity (Wildman–Crippen MR) is 75.1 cm³/mol. The summed E-state index contributed by atoms with van der Waals surface area (Å²) < 4.78 is 24.0. The van der Waals surface area contributed by atoms with Gasteiger partial charge in [0.25, 0.3) is 0 Å². The lowest BCUT2D eigenvalue weighted by molar-refractivity contribution is -0.117. The van der Waals surface area contributed by atoms with E-state index >= 15 is 0 Å². The largest absolute Gasteiger partial charge is 0.384 e. The molecule has 3 N–H and O–H groups in total. The molecule has 0 aromatic heterocycles. The van der Waals surface area contributed by atoms with Crippen molar-refractivity contribution in [3.05, 3.63) is 28.7 Å². The molecular weight excluding hydrogens is 320 g/mol. The number of rotatable bonds is 7. The third kappa shape index (κ3) is 6.02. The second-order valence-corrected chi connectivity index (χ2v) is 7.02. The molecule has 1 aromatic rings. The van der Waals surface area contributed by atoms with Crippen molar-refractivity contribution in [2.24, 2.45) is 5.73 Å². The Bertz CT molecular complexity index is 500. The smallest absolute Gasteiger partial charge is 0.218 e. The van der Waals surface area contributed by atoms with Crippen LogP contribution in [-0.2, 0) is 14.6 Å². The minimum absolute atomic E-state index is 0.0175. The molecule has 18 heavy (non-hydrogen) atoms. The van der Waals surface area contributed by atoms with Gasteiger partial charge in [0.1, 0.15) is 0 Å². The van der Waals surface area contributed by atoms with Crippen LogP contribution in [0, 0.1) is 0 Å². The summed E-state index contributed by atoms with van der Waals surface area (Å²) in [5.41, 5.74) is 5.76. The Morgan fingerprint density at radius 2 is 1.83 bits per heavy atom. The average molecular weight is 335 g/mol. The van der Waals surface area contributed by atoms with Crippen LogP contribution < -0.4 is 11.1 Å². The number of primary amides is 1. The van der Waals surface area contributed by atoms with Crippen LogP contribution in [0.1, 0.15) is 6.42 Å². The Labute approximate surface area is 115 Å². The maximum Gasteiger partial charge on any atom is 0.218 e. The SMILES string of the molecule is NC(=O)CCS(=O)(=O)CCNc1ccc(Br)cc1. The summed E-state index contributed by atoms with van der Waals surface area (Å²) in [5.74, 6) is -0.805. The number of amides is 1. The highest BCUT2D eigenvalue weighted by molar-refractivity contribution is 9.10. The summed E-state index contributed by atoms with van der Waals surface area (Å²) in [6, 6.07) is 7.42. The number of hydrogen-bond donors (Lipinski definition) is 2. The molecule has 0 spiro atoms. The summed E-state index contributed by atoms with van der Waals surface area (Å²) in [4.78, 5) is 10.5. The number of nitrogens with two attached hydrogens (primary N) is 1. The maximum atomic E-state index is 11.5. The molecule has 0 bridgehead atoms. The van der Waals surface area contributed by atoms with E-state index in [1.807, 2.05) is 24.3 Å². The van der Waals surface area contributed by atoms with E-state index in [0.717, 1.165) is 10.2 Å². The topological polar surface area (TPSA) is 89.3 Å². The summed E-state index contributed by atoms with van der Waals surface area (Å²) in [7, 11) is -3.23. The van der Waals surface area contributed by atoms with Crippen molar-refractivity contribution in [3.63, 3.8) is 0 Å². The first-order chi connectivity index (χ1) is 8.39. The number of carbonyl (C=O) groups is 1. The molecule has 7 heteroatoms. The van der Waals surface area contributed by atoms with E-state index < -0.39 is 15.7 Å². The van der Waals surface area contributed by atoms with Crippen LogP contribution >= 0.6 is 15.9 Å². The van der Waals surface area contributed by atoms with Gasteiger partial charge in [0.2, 0.25) is 5.91 Å². The van der Waals surface area contributed by atoms with Crippen LogP contribution in [0.25, 0.3) is 0 Å². The van der Waals surface area contributed by atoms with Gasteiger partial charge in [-0.05, 0) is 24.3 Å². The molecule has 1 rings (SSSR count). The van der Waals surface area contributed by atoms with Gasteiger partial charge in [-0.2, -0.15) is 0 Å². The van der Waals surface area contributed by atoms with Gasteiger partial charge in [-0.3, -0.25) is 4.79 Å². The Hall–Kier alpha value is -1.08. The first-order valence-corrected chi connectivity index (χ1v) is 7.99. The van der Waals surface area contributed by atoms with Gasteiger partial charge in [-0.25, -0.2) is 8.42 Å². The van der Waals surface area contributed by atoms with E-state index in [9.17, 15) is 13.2 Å². The standard InChI is InChI=1S/C11H15BrN2O3S/c12-9-1-3-10(4-2-9)14-6-8-18(16,17)7-5-11(13)15/h1-4,14H,5-8H2,(H2,13,15). The van der Waals surface area contributed by atoms with E-state index in [-0.39, 0.29) is 17.9 Å². The lowest BCUT2D eigenvalue weighted by Gasteiger charge is -2.07. The van der Waals surface area contributed by atoms with Gasteiger partial charge in [0.05, 0.1) is 11.5 Å². The fourth-order valence-corrected chi connectivity index (χ4v) is 2.67. The minimum Gasteiger partial charge on any atom is -0.384 e. The molecule has 0 saturated carbocycles. The zero-order valence-corrected chi connectivity index (χ0v) is 12.1. The molecule has 100 valence electrons. The van der Waals surface area contributed by atoms with Crippen molar-refractivity contribution in [2.75, 3.05) is 23.4 Å². The van der Waals surface area contributed by atoms with Crippen molar-refractivity contribution < 1.29 is 13.2 Å². The number of nitrogens with one attached hydrogen (secondary N) is 1. The molecule has 0 atom stereocenters. The lowest BCUT2D eigenvalue weighted by Crippen LogP contribution is -2.22. The number of carbonyl (C=O) groups excluding carboxylic acids is 1. The van der Waals surface area contributed by atoms with Crippen molar-refractivity contribution in [1.82, 2.24) is 0 Å². The van der Waals surface area contributed by atoms with Crippen molar-refractivity contribution in [3.8, 4) is 0 Å². The predicted octanol–water partition coefficient (Wildman–Crippen LogP) is 1.15. The fourth-order valence-electron chi connectivity index (χ4n) is 1.28. The molecule has 0 aliphatic carbocycles. The fraction of sp³-hybridized carbons (Fsp3) is 0.364. The third-order valence-electron chi connectivity index (χ3n) is 2.25. The van der Waals surface area contributed by atoms with E-state index in [2.05, 4.69) is 21.2 Å². The van der Waals surface area contributed by atoms with Gasteiger partial charge < -0.3 is 11.1 Å². The van der Waals surface area contributed by atoms with Gasteiger partial charge in [0.15, 0.2) is 9.84 Å². The Balaban J connectivity index is 2.37. The molecule has 0 aliphatic heterocycles. The number of halogens is 1. The van der Waals surface area contributed by atoms with Crippen LogP contribution in [0.4, 0.5) is 5.69 Å². The van der Waals surface area contributed by atoms with Crippen molar-refractivity contribution >= 4 is 37.4 Å². The van der Waals surface area contributed by atoms with Crippen LogP contribution in [-0.4, -0.2) is 32.4 Å². The second kappa shape index (κ2) is 6.75. The Morgan fingerprint density at radius 1 is 1.22 bits per heavy atom. The number of benzene rings is 1. The van der Waals surface area contributed by atoms with E-state index in [1.54, 1.807) is 0 Å². The number of sulfone groups is 1. The van der Waals surface area contributed by atoms with Crippen LogP contribution in [0.2, 0.25) is 0 Å². The Kier molecular flexibility index (Phi) is 5.61. The van der Waals surface area contributed by atoms with E-state index in [0.29, 0.717) is 6.54 Å². The van der Waals surface area contributed by atoms with Crippen LogP contribution in [0.5, 0.6) is 0 Å². The van der Waals surface area contributed by atoms with Gasteiger partial charge in [0, 0.05) is 23.1 Å². The summed E-state index contributed by atoms with van der Waals surface area (Å²) >= 11 is 3.31. The molecule has 0 aliphatic rings. The molecule has 0 unspecified atom stereocenters. The summed E-state index contributed by atoms with van der Waals surface area (Å²) in [6.45, 7) is 0.308. The molecule has 1 amide bonds. The van der Waals surface area contributed by atoms with Gasteiger partial charge in [-0.1, -0.05) is 15.9 Å². The van der Waals surface area contributed by atoms with Crippen LogP contribution in [0.3, 0.4) is 0 Å². The molecule has 0 heterocycles. The maximum absolute atomic E-state index is 11.5. The van der Waals surface area contributed by atoms with Gasteiger partial charge in [-0.15, -0.1) is 0 Å². The highest BCUT2D eigenvalue weighted by Gasteiger charge is 2.11. The quantitative estimate of drug-likeness (QED) is 0.782. The zero-order valence-electron chi connectivity index (χ0n) is 9.73. The number of hydrogen-bond acceptors (Lipinski definition) is 4. The van der Waals surface area contributed by atoms with Crippen LogP contribution in [0.15, 0.2) is 28.7 Å². The van der Waals surface area contributed by atoms with E-state index in [4.69, 9.17) is 5.73 Å². The highest BCUT2D eigenvalue weighted by atomic mass is 79.9. The van der Waals surface area contributed by atoms with E-state index in [1.165, 1.54) is 0 Å². The third-order valence-corrected chi connectivity index (χ3v) is 4.43. The average Bonchev–Trinajstić information content (AvgIpc) is 2.29. The Morgan fingerprint density at radius 3 is 2.39 bits per heavy atom. The lowest BCUT2D eigenvalue weighted by atomic mass is 10.3. The van der Waals surface area contributed by atoms with Gasteiger partial charge >= 0.3 is 0 Å². The molecule has 1 aromatic carbocycles. The van der Waals surface area contributed by atoms with Crippen molar-refractivity contribution in [2.45, 2.75) is 6.42 Å². The second-order valence-electron chi connectivity index (χ2n) is 3.80. The van der Waals surface area contributed by atoms with Crippen molar-refractivity contribution in [1.29, 1.82) is 0 Å². The number of anilines is 1. The minimum atomic E-state index is -3.23. The molecular formula is C11H15BrN2O3S. The molecule has 0 fully saturated rings. The zero-order chi connectivity index (χ0) is 13.6. The molecule has 0 saturated heterocycles. The first-order valence-electron chi connectivity index (χ1n) is 5.37. The molecule has 5 nitrogen and oxygen atoms in total. The first kappa shape index (κ1) is 15.0. The normalized spacial score (nSPS) is 11.2.